The lowest BCUT2D eigenvalue weighted by atomic mass is 9.79. The summed E-state index contributed by atoms with van der Waals surface area (Å²) < 4.78 is 0. The Morgan fingerprint density at radius 1 is 0.315 bits per heavy atom. The van der Waals surface area contributed by atoms with Gasteiger partial charge in [0.05, 0.1) is 0 Å². The molecule has 1 aliphatic carbocycles. The van der Waals surface area contributed by atoms with E-state index in [4.69, 9.17) is 0 Å². The number of benzene rings is 10. The van der Waals surface area contributed by atoms with Gasteiger partial charge in [-0.25, -0.2) is 0 Å². The summed E-state index contributed by atoms with van der Waals surface area (Å²) in [7, 11) is 0. The van der Waals surface area contributed by atoms with Crippen LogP contribution in [0.15, 0.2) is 188 Å². The number of rotatable bonds is 4. The molecule has 0 atom stereocenters. The van der Waals surface area contributed by atoms with Gasteiger partial charge in [0.2, 0.25) is 0 Å². The zero-order valence-electron chi connectivity index (χ0n) is 29.9. The smallest absolute Gasteiger partial charge is 0.00295 e. The van der Waals surface area contributed by atoms with Crippen molar-refractivity contribution in [1.82, 2.24) is 0 Å². The Bertz CT molecular complexity index is 3120. The van der Waals surface area contributed by atoms with Crippen LogP contribution in [0.1, 0.15) is 17.5 Å². The van der Waals surface area contributed by atoms with Crippen LogP contribution in [0.4, 0.5) is 0 Å². The van der Waals surface area contributed by atoms with E-state index in [0.29, 0.717) is 0 Å². The molecule has 0 bridgehead atoms. The van der Waals surface area contributed by atoms with E-state index in [9.17, 15) is 0 Å². The van der Waals surface area contributed by atoms with Crippen LogP contribution in [0.3, 0.4) is 0 Å². The highest BCUT2D eigenvalue weighted by molar-refractivity contribution is 6.25. The molecule has 11 rings (SSSR count). The molecule has 0 aliphatic heterocycles. The van der Waals surface area contributed by atoms with Crippen LogP contribution in [-0.2, 0) is 6.42 Å². The van der Waals surface area contributed by atoms with Gasteiger partial charge in [0.15, 0.2) is 0 Å². The molecule has 0 heterocycles. The lowest BCUT2D eigenvalue weighted by Gasteiger charge is -2.24. The summed E-state index contributed by atoms with van der Waals surface area (Å²) in [5.41, 5.74) is 13.0. The third-order valence-corrected chi connectivity index (χ3v) is 11.7. The molecular weight excluding hydrogens is 649 g/mol. The minimum atomic E-state index is 1.02. The molecule has 0 spiro atoms. The van der Waals surface area contributed by atoms with Crippen LogP contribution in [0, 0.1) is 0 Å². The van der Waals surface area contributed by atoms with Crippen molar-refractivity contribution in [1.29, 1.82) is 0 Å². The molecule has 0 N–H and O–H groups in total. The molecule has 10 aromatic carbocycles. The number of hydrogen-bond donors (Lipinski definition) is 0. The Hall–Kier alpha value is -6.76. The van der Waals surface area contributed by atoms with Crippen LogP contribution in [-0.4, -0.2) is 0 Å². The maximum Gasteiger partial charge on any atom is -0.00295 e. The van der Waals surface area contributed by atoms with Gasteiger partial charge in [-0.1, -0.05) is 176 Å². The van der Waals surface area contributed by atoms with E-state index in [2.05, 4.69) is 194 Å². The van der Waals surface area contributed by atoms with E-state index in [-0.39, 0.29) is 0 Å². The SMILES string of the molecule is C1=Cc2c(c(-c3cccc(-c4cccc5ccccc45)c3)c3ccccc3c2-c2cccc(-c3ccc4c5ccccc5c5ccccc5c4c3)c2)CC1. The molecule has 54 heavy (non-hydrogen) atoms. The predicted octanol–water partition coefficient (Wildman–Crippen LogP) is 15.1. The van der Waals surface area contributed by atoms with E-state index < -0.39 is 0 Å². The van der Waals surface area contributed by atoms with Crippen molar-refractivity contribution in [2.24, 2.45) is 0 Å². The van der Waals surface area contributed by atoms with Crippen molar-refractivity contribution >= 4 is 59.9 Å². The summed E-state index contributed by atoms with van der Waals surface area (Å²) in [5, 5.41) is 13.0. The van der Waals surface area contributed by atoms with E-state index in [1.807, 2.05) is 0 Å². The van der Waals surface area contributed by atoms with E-state index in [0.717, 1.165) is 12.8 Å². The minimum Gasteiger partial charge on any atom is -0.0836 e. The molecule has 0 fully saturated rings. The molecule has 0 unspecified atom stereocenters. The van der Waals surface area contributed by atoms with Gasteiger partial charge in [0.1, 0.15) is 0 Å². The normalized spacial score (nSPS) is 12.6. The summed E-state index contributed by atoms with van der Waals surface area (Å²) in [5.74, 6) is 0. The third kappa shape index (κ3) is 4.84. The topological polar surface area (TPSA) is 0 Å². The fourth-order valence-corrected chi connectivity index (χ4v) is 9.29. The highest BCUT2D eigenvalue weighted by Crippen LogP contribution is 2.46. The maximum atomic E-state index is 2.41. The van der Waals surface area contributed by atoms with Gasteiger partial charge in [-0.15, -0.1) is 0 Å². The fraction of sp³-hybridized carbons (Fsp3) is 0.0370. The maximum absolute atomic E-state index is 2.41. The molecular formula is C54H36. The molecule has 0 radical (unpaired) electrons. The molecule has 0 nitrogen and oxygen atoms in total. The molecule has 0 saturated carbocycles. The van der Waals surface area contributed by atoms with Crippen LogP contribution in [0.25, 0.3) is 104 Å². The van der Waals surface area contributed by atoms with Gasteiger partial charge >= 0.3 is 0 Å². The van der Waals surface area contributed by atoms with Crippen LogP contribution >= 0.6 is 0 Å². The van der Waals surface area contributed by atoms with Crippen molar-refractivity contribution < 1.29 is 0 Å². The van der Waals surface area contributed by atoms with Crippen molar-refractivity contribution in [3.63, 3.8) is 0 Å². The van der Waals surface area contributed by atoms with Crippen molar-refractivity contribution in [2.45, 2.75) is 12.8 Å². The molecule has 1 aliphatic rings. The quantitative estimate of drug-likeness (QED) is 0.162. The molecule has 0 amide bonds. The first-order chi connectivity index (χ1) is 26.8. The predicted molar refractivity (Wildman–Crippen MR) is 233 cm³/mol. The van der Waals surface area contributed by atoms with Gasteiger partial charge in [0.25, 0.3) is 0 Å². The number of fused-ring (bicyclic) bond motifs is 9. The van der Waals surface area contributed by atoms with Gasteiger partial charge in [0, 0.05) is 0 Å². The molecule has 0 saturated heterocycles. The Labute approximate surface area is 315 Å². The van der Waals surface area contributed by atoms with Gasteiger partial charge in [-0.3, -0.25) is 0 Å². The second-order valence-corrected chi connectivity index (χ2v) is 14.7. The van der Waals surface area contributed by atoms with E-state index >= 15 is 0 Å². The van der Waals surface area contributed by atoms with Gasteiger partial charge < -0.3 is 0 Å². The fourth-order valence-electron chi connectivity index (χ4n) is 9.29. The Balaban J connectivity index is 1.10. The average Bonchev–Trinajstić information content (AvgIpc) is 3.25. The number of hydrogen-bond acceptors (Lipinski definition) is 0. The van der Waals surface area contributed by atoms with Crippen LogP contribution < -0.4 is 0 Å². The molecule has 0 heteroatoms. The Morgan fingerprint density at radius 2 is 0.815 bits per heavy atom. The summed E-state index contributed by atoms with van der Waals surface area (Å²) in [6.07, 6.45) is 6.81. The van der Waals surface area contributed by atoms with Crippen molar-refractivity contribution in [2.75, 3.05) is 0 Å². The van der Waals surface area contributed by atoms with Crippen LogP contribution in [0.5, 0.6) is 0 Å². The lowest BCUT2D eigenvalue weighted by Crippen LogP contribution is -2.02. The standard InChI is InChI=1S/C54H36/c1-2-20-41-35(14-1)15-13-29-42(41)38-17-12-19-40(33-38)54-50-27-9-7-25-48(50)53(49-26-8-10-28-51(49)54)39-18-11-16-36(32-39)37-30-31-47-45-23-4-3-21-43(45)44-22-5-6-24-46(44)52(47)34-37/h1-9,11-27,29-34H,10,28H2. The van der Waals surface area contributed by atoms with E-state index in [1.54, 1.807) is 0 Å². The van der Waals surface area contributed by atoms with E-state index in [1.165, 1.54) is 109 Å². The zero-order chi connectivity index (χ0) is 35.6. The third-order valence-electron chi connectivity index (χ3n) is 11.7. The molecule has 0 aromatic heterocycles. The summed E-state index contributed by atoms with van der Waals surface area (Å²) in [6, 6.07) is 67.5. The first kappa shape index (κ1) is 30.8. The van der Waals surface area contributed by atoms with Crippen LogP contribution in [0.2, 0.25) is 0 Å². The summed E-state index contributed by atoms with van der Waals surface area (Å²) in [6.45, 7) is 0. The largest absolute Gasteiger partial charge is 0.0836 e. The first-order valence-electron chi connectivity index (χ1n) is 19.1. The Morgan fingerprint density at radius 3 is 1.56 bits per heavy atom. The zero-order valence-corrected chi connectivity index (χ0v) is 29.9. The average molecular weight is 685 g/mol. The highest BCUT2D eigenvalue weighted by Gasteiger charge is 2.22. The molecule has 252 valence electrons. The number of allylic oxidation sites excluding steroid dienone is 1. The van der Waals surface area contributed by atoms with Gasteiger partial charge in [-0.2, -0.15) is 0 Å². The van der Waals surface area contributed by atoms with Gasteiger partial charge in [-0.05, 0) is 141 Å². The van der Waals surface area contributed by atoms with Crippen molar-refractivity contribution in [3.05, 3.63) is 199 Å². The highest BCUT2D eigenvalue weighted by atomic mass is 14.3. The second kappa shape index (κ2) is 12.4. The minimum absolute atomic E-state index is 1.02. The Kier molecular flexibility index (Phi) is 7.10. The second-order valence-electron chi connectivity index (χ2n) is 14.7. The lowest BCUT2D eigenvalue weighted by molar-refractivity contribution is 0.991. The first-order valence-corrected chi connectivity index (χ1v) is 19.1. The summed E-state index contributed by atoms with van der Waals surface area (Å²) in [4.78, 5) is 0. The summed E-state index contributed by atoms with van der Waals surface area (Å²) >= 11 is 0. The monoisotopic (exact) mass is 684 g/mol. The molecule has 10 aromatic rings. The van der Waals surface area contributed by atoms with Crippen molar-refractivity contribution in [3.8, 4) is 44.5 Å².